The van der Waals surface area contributed by atoms with Gasteiger partial charge in [-0.05, 0) is 89.6 Å². The summed E-state index contributed by atoms with van der Waals surface area (Å²) in [5, 5.41) is 0. The monoisotopic (exact) mass is 382 g/mol. The standard InChI is InChI=1S/C24H30O4/c1-7-26-21-11-8-19(9-12-21)22(25)13-10-20-14-18(6)23(27-16(2)3)15-24(20)28-17(4)5/h8-17H,7H2,1-6H3/b13-10+. The van der Waals surface area contributed by atoms with Crippen LogP contribution in [0, 0.1) is 6.92 Å². The molecular weight excluding hydrogens is 352 g/mol. The second-order valence-electron chi connectivity index (χ2n) is 7.14. The molecule has 0 radical (unpaired) electrons. The summed E-state index contributed by atoms with van der Waals surface area (Å²) in [6.07, 6.45) is 3.46. The van der Waals surface area contributed by atoms with Crippen molar-refractivity contribution in [3.8, 4) is 17.2 Å². The van der Waals surface area contributed by atoms with Gasteiger partial charge in [0.15, 0.2) is 5.78 Å². The smallest absolute Gasteiger partial charge is 0.185 e. The number of benzene rings is 2. The predicted octanol–water partition coefficient (Wildman–Crippen LogP) is 5.86. The lowest BCUT2D eigenvalue weighted by atomic mass is 10.1. The topological polar surface area (TPSA) is 44.8 Å². The third-order valence-electron chi connectivity index (χ3n) is 3.90. The molecular formula is C24H30O4. The lowest BCUT2D eigenvalue weighted by Gasteiger charge is -2.18. The highest BCUT2D eigenvalue weighted by molar-refractivity contribution is 6.07. The van der Waals surface area contributed by atoms with Gasteiger partial charge in [0.05, 0.1) is 18.8 Å². The fourth-order valence-corrected chi connectivity index (χ4v) is 2.70. The molecule has 0 N–H and O–H groups in total. The van der Waals surface area contributed by atoms with Crippen molar-refractivity contribution in [2.75, 3.05) is 6.61 Å². The molecule has 0 aliphatic rings. The summed E-state index contributed by atoms with van der Waals surface area (Å²) in [6, 6.07) is 11.0. The van der Waals surface area contributed by atoms with Crippen LogP contribution in [-0.2, 0) is 0 Å². The second-order valence-corrected chi connectivity index (χ2v) is 7.14. The van der Waals surface area contributed by atoms with E-state index in [4.69, 9.17) is 14.2 Å². The molecule has 150 valence electrons. The van der Waals surface area contributed by atoms with Crippen molar-refractivity contribution >= 4 is 11.9 Å². The van der Waals surface area contributed by atoms with E-state index in [0.29, 0.717) is 17.9 Å². The molecule has 0 atom stereocenters. The SMILES string of the molecule is CCOc1ccc(C(=O)/C=C/c2cc(C)c(OC(C)C)cc2OC(C)C)cc1. The molecule has 0 spiro atoms. The van der Waals surface area contributed by atoms with Crippen molar-refractivity contribution in [2.24, 2.45) is 0 Å². The van der Waals surface area contributed by atoms with E-state index in [9.17, 15) is 4.79 Å². The third kappa shape index (κ3) is 6.15. The minimum absolute atomic E-state index is 0.0172. The first-order valence-corrected chi connectivity index (χ1v) is 9.73. The number of carbonyl (C=O) groups excluding carboxylic acids is 1. The van der Waals surface area contributed by atoms with E-state index < -0.39 is 0 Å². The summed E-state index contributed by atoms with van der Waals surface area (Å²) < 4.78 is 17.2. The summed E-state index contributed by atoms with van der Waals surface area (Å²) in [5.41, 5.74) is 2.46. The summed E-state index contributed by atoms with van der Waals surface area (Å²) >= 11 is 0. The first-order valence-electron chi connectivity index (χ1n) is 9.73. The van der Waals surface area contributed by atoms with Gasteiger partial charge in [-0.3, -0.25) is 4.79 Å². The summed E-state index contributed by atoms with van der Waals surface area (Å²) in [7, 11) is 0. The normalized spacial score (nSPS) is 11.3. The van der Waals surface area contributed by atoms with E-state index in [1.165, 1.54) is 0 Å². The van der Waals surface area contributed by atoms with Crippen molar-refractivity contribution in [2.45, 2.75) is 53.8 Å². The maximum atomic E-state index is 12.5. The molecule has 0 heterocycles. The maximum Gasteiger partial charge on any atom is 0.185 e. The average Bonchev–Trinajstić information content (AvgIpc) is 2.63. The van der Waals surface area contributed by atoms with Crippen molar-refractivity contribution in [1.29, 1.82) is 0 Å². The van der Waals surface area contributed by atoms with E-state index in [0.717, 1.165) is 22.6 Å². The Balaban J connectivity index is 2.27. The fraction of sp³-hybridized carbons (Fsp3) is 0.375. The van der Waals surface area contributed by atoms with Crippen LogP contribution in [0.15, 0.2) is 42.5 Å². The van der Waals surface area contributed by atoms with Crippen LogP contribution < -0.4 is 14.2 Å². The molecule has 2 rings (SSSR count). The van der Waals surface area contributed by atoms with Crippen molar-refractivity contribution < 1.29 is 19.0 Å². The summed E-state index contributed by atoms with van der Waals surface area (Å²) in [6.45, 7) is 12.4. The van der Waals surface area contributed by atoms with Gasteiger partial charge in [-0.25, -0.2) is 0 Å². The molecule has 0 fully saturated rings. The quantitative estimate of drug-likeness (QED) is 0.402. The van der Waals surface area contributed by atoms with Gasteiger partial charge in [0.25, 0.3) is 0 Å². The molecule has 0 saturated carbocycles. The van der Waals surface area contributed by atoms with Gasteiger partial charge in [-0.15, -0.1) is 0 Å². The van der Waals surface area contributed by atoms with Crippen molar-refractivity contribution in [1.82, 2.24) is 0 Å². The maximum absolute atomic E-state index is 12.5. The van der Waals surface area contributed by atoms with Crippen LogP contribution in [0.4, 0.5) is 0 Å². The molecule has 2 aromatic carbocycles. The predicted molar refractivity (Wildman–Crippen MR) is 114 cm³/mol. The van der Waals surface area contributed by atoms with Gasteiger partial charge in [0.2, 0.25) is 0 Å². The first-order chi connectivity index (χ1) is 13.3. The Morgan fingerprint density at radius 3 is 2.14 bits per heavy atom. The average molecular weight is 383 g/mol. The zero-order valence-electron chi connectivity index (χ0n) is 17.6. The van der Waals surface area contributed by atoms with Gasteiger partial charge < -0.3 is 14.2 Å². The van der Waals surface area contributed by atoms with Crippen LogP contribution in [0.3, 0.4) is 0 Å². The van der Waals surface area contributed by atoms with E-state index >= 15 is 0 Å². The highest BCUT2D eigenvalue weighted by Gasteiger charge is 2.11. The minimum atomic E-state index is -0.0706. The molecule has 0 saturated heterocycles. The lowest BCUT2D eigenvalue weighted by Crippen LogP contribution is -2.10. The van der Waals surface area contributed by atoms with E-state index in [1.54, 1.807) is 36.4 Å². The Bertz CT molecular complexity index is 817. The second kappa shape index (κ2) is 9.98. The zero-order valence-corrected chi connectivity index (χ0v) is 17.6. The number of rotatable bonds is 9. The van der Waals surface area contributed by atoms with Gasteiger partial charge in [0.1, 0.15) is 17.2 Å². The van der Waals surface area contributed by atoms with Crippen molar-refractivity contribution in [3.05, 3.63) is 59.2 Å². The van der Waals surface area contributed by atoms with Crippen LogP contribution in [0.25, 0.3) is 6.08 Å². The third-order valence-corrected chi connectivity index (χ3v) is 3.90. The number of allylic oxidation sites excluding steroid dienone is 1. The number of hydrogen-bond acceptors (Lipinski definition) is 4. The Morgan fingerprint density at radius 1 is 0.964 bits per heavy atom. The summed E-state index contributed by atoms with van der Waals surface area (Å²) in [5.74, 6) is 2.18. The lowest BCUT2D eigenvalue weighted by molar-refractivity contribution is 0.104. The molecule has 0 amide bonds. The number of ether oxygens (including phenoxy) is 3. The first kappa shape index (κ1) is 21.5. The Morgan fingerprint density at radius 2 is 1.57 bits per heavy atom. The summed E-state index contributed by atoms with van der Waals surface area (Å²) in [4.78, 5) is 12.5. The zero-order chi connectivity index (χ0) is 20.7. The number of ketones is 1. The highest BCUT2D eigenvalue weighted by Crippen LogP contribution is 2.31. The number of carbonyl (C=O) groups is 1. The molecule has 28 heavy (non-hydrogen) atoms. The molecule has 0 bridgehead atoms. The number of hydrogen-bond donors (Lipinski definition) is 0. The fourth-order valence-electron chi connectivity index (χ4n) is 2.70. The van der Waals surface area contributed by atoms with E-state index in [1.807, 2.05) is 53.7 Å². The van der Waals surface area contributed by atoms with E-state index in [-0.39, 0.29) is 18.0 Å². The van der Waals surface area contributed by atoms with Crippen LogP contribution in [-0.4, -0.2) is 24.6 Å². The molecule has 4 heteroatoms. The van der Waals surface area contributed by atoms with E-state index in [2.05, 4.69) is 0 Å². The Labute approximate surface area is 168 Å². The van der Waals surface area contributed by atoms with Crippen LogP contribution in [0.1, 0.15) is 56.1 Å². The Kier molecular flexibility index (Phi) is 7.68. The van der Waals surface area contributed by atoms with Gasteiger partial charge in [-0.1, -0.05) is 0 Å². The molecule has 2 aromatic rings. The molecule has 4 nitrogen and oxygen atoms in total. The highest BCUT2D eigenvalue weighted by atomic mass is 16.5. The molecule has 0 aromatic heterocycles. The van der Waals surface area contributed by atoms with Crippen molar-refractivity contribution in [3.63, 3.8) is 0 Å². The van der Waals surface area contributed by atoms with Gasteiger partial charge in [-0.2, -0.15) is 0 Å². The number of aryl methyl sites for hydroxylation is 1. The largest absolute Gasteiger partial charge is 0.494 e. The molecule has 0 aliphatic carbocycles. The molecule has 0 aliphatic heterocycles. The van der Waals surface area contributed by atoms with Gasteiger partial charge >= 0.3 is 0 Å². The molecule has 0 unspecified atom stereocenters. The van der Waals surface area contributed by atoms with Crippen LogP contribution in [0.5, 0.6) is 17.2 Å². The minimum Gasteiger partial charge on any atom is -0.494 e. The van der Waals surface area contributed by atoms with Gasteiger partial charge in [0, 0.05) is 17.2 Å². The van der Waals surface area contributed by atoms with Crippen LogP contribution in [0.2, 0.25) is 0 Å². The van der Waals surface area contributed by atoms with Crippen LogP contribution >= 0.6 is 0 Å². The Hall–Kier alpha value is -2.75.